The molecule has 1 aromatic carbocycles. The van der Waals surface area contributed by atoms with Crippen molar-refractivity contribution in [1.82, 2.24) is 5.32 Å². The summed E-state index contributed by atoms with van der Waals surface area (Å²) >= 11 is 0. The van der Waals surface area contributed by atoms with Crippen molar-refractivity contribution in [2.24, 2.45) is 0 Å². The van der Waals surface area contributed by atoms with E-state index in [-0.39, 0.29) is 11.6 Å². The van der Waals surface area contributed by atoms with Gasteiger partial charge in [-0.15, -0.1) is 0 Å². The number of hydrogen-bond donors (Lipinski definition) is 1. The highest BCUT2D eigenvalue weighted by molar-refractivity contribution is 5.28. The highest BCUT2D eigenvalue weighted by Crippen LogP contribution is 2.31. The lowest BCUT2D eigenvalue weighted by Crippen LogP contribution is -2.14. The Balaban J connectivity index is 3.17. The Labute approximate surface area is 85.1 Å². The first-order valence-corrected chi connectivity index (χ1v) is 4.39. The van der Waals surface area contributed by atoms with Crippen molar-refractivity contribution in [3.8, 4) is 0 Å². The van der Waals surface area contributed by atoms with E-state index >= 15 is 0 Å². The van der Waals surface area contributed by atoms with Gasteiger partial charge in [-0.05, 0) is 37.7 Å². The molecule has 1 aromatic rings. The van der Waals surface area contributed by atoms with Crippen LogP contribution >= 0.6 is 0 Å². The summed E-state index contributed by atoms with van der Waals surface area (Å²) in [6, 6.07) is 2.22. The fourth-order valence-electron chi connectivity index (χ4n) is 1.19. The smallest absolute Gasteiger partial charge is 0.313 e. The van der Waals surface area contributed by atoms with Gasteiger partial charge in [0.15, 0.2) is 0 Å². The van der Waals surface area contributed by atoms with Crippen LogP contribution in [0.25, 0.3) is 0 Å². The predicted molar refractivity (Wildman–Crippen MR) is 48.9 cm³/mol. The van der Waals surface area contributed by atoms with E-state index < -0.39 is 17.6 Å². The van der Waals surface area contributed by atoms with Crippen LogP contribution in [0.1, 0.15) is 24.1 Å². The van der Waals surface area contributed by atoms with Crippen LogP contribution in [0, 0.1) is 5.82 Å². The van der Waals surface area contributed by atoms with Gasteiger partial charge in [-0.2, -0.15) is 13.2 Å². The topological polar surface area (TPSA) is 12.0 Å². The Morgan fingerprint density at radius 1 is 1.20 bits per heavy atom. The molecule has 0 spiro atoms. The van der Waals surface area contributed by atoms with Crippen LogP contribution in [0.4, 0.5) is 17.6 Å². The molecule has 0 aliphatic rings. The molecule has 0 heterocycles. The van der Waals surface area contributed by atoms with E-state index in [1.165, 1.54) is 0 Å². The van der Waals surface area contributed by atoms with Gasteiger partial charge in [-0.25, -0.2) is 4.39 Å². The average molecular weight is 221 g/mol. The minimum absolute atomic E-state index is 0.282. The standard InChI is InChI=1S/C10H11F4N/c1-6(15-2)7-3-8(10(12,13)14)5-9(11)4-7/h3-6,15H,1-2H3/t6-/m0/s1. The van der Waals surface area contributed by atoms with Crippen molar-refractivity contribution in [1.29, 1.82) is 0 Å². The van der Waals surface area contributed by atoms with Gasteiger partial charge in [0, 0.05) is 6.04 Å². The summed E-state index contributed by atoms with van der Waals surface area (Å²) in [4.78, 5) is 0. The van der Waals surface area contributed by atoms with Crippen molar-refractivity contribution < 1.29 is 17.6 Å². The summed E-state index contributed by atoms with van der Waals surface area (Å²) in [6.07, 6.45) is -4.51. The summed E-state index contributed by atoms with van der Waals surface area (Å²) in [5.74, 6) is -0.873. The van der Waals surface area contributed by atoms with E-state index in [1.807, 2.05) is 0 Å². The maximum Gasteiger partial charge on any atom is 0.416 e. The highest BCUT2D eigenvalue weighted by Gasteiger charge is 2.31. The van der Waals surface area contributed by atoms with E-state index in [1.54, 1.807) is 14.0 Å². The molecule has 0 fully saturated rings. The molecule has 0 unspecified atom stereocenters. The first-order chi connectivity index (χ1) is 6.84. The monoisotopic (exact) mass is 221 g/mol. The van der Waals surface area contributed by atoms with Gasteiger partial charge in [0.1, 0.15) is 5.82 Å². The van der Waals surface area contributed by atoms with E-state index in [0.29, 0.717) is 6.07 Å². The normalized spacial score (nSPS) is 14.0. The van der Waals surface area contributed by atoms with Crippen LogP contribution in [0.5, 0.6) is 0 Å². The second kappa shape index (κ2) is 4.18. The molecule has 0 aliphatic heterocycles. The Hall–Kier alpha value is -1.10. The van der Waals surface area contributed by atoms with Gasteiger partial charge in [0.2, 0.25) is 0 Å². The molecule has 1 nitrogen and oxygen atoms in total. The van der Waals surface area contributed by atoms with Crippen LogP contribution in [0.15, 0.2) is 18.2 Å². The van der Waals surface area contributed by atoms with Crippen molar-refractivity contribution in [2.45, 2.75) is 19.1 Å². The largest absolute Gasteiger partial charge is 0.416 e. The first-order valence-electron chi connectivity index (χ1n) is 4.39. The van der Waals surface area contributed by atoms with Gasteiger partial charge in [-0.3, -0.25) is 0 Å². The Morgan fingerprint density at radius 3 is 2.27 bits per heavy atom. The fraction of sp³-hybridized carbons (Fsp3) is 0.400. The Kier molecular flexibility index (Phi) is 3.34. The molecular formula is C10H11F4N. The van der Waals surface area contributed by atoms with Crippen LogP contribution in [-0.2, 0) is 6.18 Å². The number of alkyl halides is 3. The summed E-state index contributed by atoms with van der Waals surface area (Å²) in [5, 5.41) is 2.75. The summed E-state index contributed by atoms with van der Waals surface area (Å²) in [7, 11) is 1.60. The third-order valence-electron chi connectivity index (χ3n) is 2.18. The molecular weight excluding hydrogens is 210 g/mol. The SMILES string of the molecule is CN[C@@H](C)c1cc(F)cc(C(F)(F)F)c1. The Morgan fingerprint density at radius 2 is 1.80 bits per heavy atom. The molecule has 0 aromatic heterocycles. The minimum atomic E-state index is -4.51. The molecule has 84 valence electrons. The molecule has 0 radical (unpaired) electrons. The van der Waals surface area contributed by atoms with Crippen LogP contribution in [-0.4, -0.2) is 7.05 Å². The molecule has 0 aliphatic carbocycles. The van der Waals surface area contributed by atoms with Crippen molar-refractivity contribution >= 4 is 0 Å². The lowest BCUT2D eigenvalue weighted by molar-refractivity contribution is -0.137. The molecule has 15 heavy (non-hydrogen) atoms. The van der Waals surface area contributed by atoms with Crippen LogP contribution in [0.3, 0.4) is 0 Å². The number of hydrogen-bond acceptors (Lipinski definition) is 1. The van der Waals surface area contributed by atoms with Crippen molar-refractivity contribution in [3.63, 3.8) is 0 Å². The molecule has 1 atom stereocenters. The summed E-state index contributed by atoms with van der Waals surface area (Å²) in [6.45, 7) is 1.66. The fourth-order valence-corrected chi connectivity index (χ4v) is 1.19. The number of rotatable bonds is 2. The molecule has 0 bridgehead atoms. The third-order valence-corrected chi connectivity index (χ3v) is 2.18. The average Bonchev–Trinajstić information content (AvgIpc) is 2.14. The van der Waals surface area contributed by atoms with Crippen molar-refractivity contribution in [3.05, 3.63) is 35.1 Å². The lowest BCUT2D eigenvalue weighted by atomic mass is 10.0. The molecule has 0 saturated carbocycles. The maximum absolute atomic E-state index is 12.9. The van der Waals surface area contributed by atoms with Gasteiger partial charge in [-0.1, -0.05) is 0 Å². The minimum Gasteiger partial charge on any atom is -0.313 e. The number of nitrogens with one attached hydrogen (secondary N) is 1. The second-order valence-electron chi connectivity index (χ2n) is 3.28. The zero-order chi connectivity index (χ0) is 11.6. The maximum atomic E-state index is 12.9. The van der Waals surface area contributed by atoms with E-state index in [9.17, 15) is 17.6 Å². The van der Waals surface area contributed by atoms with Gasteiger partial charge in [0.05, 0.1) is 5.56 Å². The van der Waals surface area contributed by atoms with Gasteiger partial charge in [0.25, 0.3) is 0 Å². The van der Waals surface area contributed by atoms with E-state index in [0.717, 1.165) is 12.1 Å². The number of halogens is 4. The molecule has 1 N–H and O–H groups in total. The molecule has 5 heteroatoms. The van der Waals surface area contributed by atoms with Crippen LogP contribution in [0.2, 0.25) is 0 Å². The second-order valence-corrected chi connectivity index (χ2v) is 3.28. The quantitative estimate of drug-likeness (QED) is 0.756. The first kappa shape index (κ1) is 12.0. The predicted octanol–water partition coefficient (Wildman–Crippen LogP) is 3.12. The zero-order valence-corrected chi connectivity index (χ0v) is 8.32. The van der Waals surface area contributed by atoms with Gasteiger partial charge < -0.3 is 5.32 Å². The third kappa shape index (κ3) is 2.92. The number of benzene rings is 1. The summed E-state index contributed by atoms with van der Waals surface area (Å²) < 4.78 is 49.9. The van der Waals surface area contributed by atoms with Crippen molar-refractivity contribution in [2.75, 3.05) is 7.05 Å². The molecule has 1 rings (SSSR count). The lowest BCUT2D eigenvalue weighted by Gasteiger charge is -2.14. The summed E-state index contributed by atoms with van der Waals surface area (Å²) in [5.41, 5.74) is -0.676. The van der Waals surface area contributed by atoms with E-state index in [4.69, 9.17) is 0 Å². The molecule has 0 amide bonds. The van der Waals surface area contributed by atoms with E-state index in [2.05, 4.69) is 5.32 Å². The molecule has 0 saturated heterocycles. The highest BCUT2D eigenvalue weighted by atomic mass is 19.4. The Bertz CT molecular complexity index is 346. The van der Waals surface area contributed by atoms with Gasteiger partial charge >= 0.3 is 6.18 Å². The zero-order valence-electron chi connectivity index (χ0n) is 8.32. The van der Waals surface area contributed by atoms with Crippen LogP contribution < -0.4 is 5.32 Å².